The summed E-state index contributed by atoms with van der Waals surface area (Å²) in [4.78, 5) is 7.61. The summed E-state index contributed by atoms with van der Waals surface area (Å²) in [5, 5.41) is 2.33. The average Bonchev–Trinajstić information content (AvgIpc) is 2.74. The summed E-state index contributed by atoms with van der Waals surface area (Å²) in [7, 11) is 0. The molecule has 0 unspecified atom stereocenters. The zero-order valence-corrected chi connectivity index (χ0v) is 13.2. The summed E-state index contributed by atoms with van der Waals surface area (Å²) >= 11 is 12.0. The second kappa shape index (κ2) is 5.58. The highest BCUT2D eigenvalue weighted by atomic mass is 35.5. The van der Waals surface area contributed by atoms with E-state index in [9.17, 15) is 0 Å². The Morgan fingerprint density at radius 3 is 2.76 bits per heavy atom. The molecular weight excluding hydrogens is 307 g/mol. The molecule has 0 amide bonds. The summed E-state index contributed by atoms with van der Waals surface area (Å²) < 4.78 is 5.82. The highest BCUT2D eigenvalue weighted by molar-refractivity contribution is 6.35. The Labute approximate surface area is 132 Å². The highest BCUT2D eigenvalue weighted by Crippen LogP contribution is 2.28. The Morgan fingerprint density at radius 2 is 2.00 bits per heavy atom. The average molecular weight is 321 g/mol. The third-order valence-corrected chi connectivity index (χ3v) is 4.16. The molecule has 2 heterocycles. The maximum Gasteiger partial charge on any atom is 0.238 e. The number of halogens is 2. The molecule has 2 aromatic heterocycles. The van der Waals surface area contributed by atoms with Gasteiger partial charge in [-0.25, -0.2) is 4.98 Å². The molecule has 0 bridgehead atoms. The van der Waals surface area contributed by atoms with Crippen molar-refractivity contribution in [3.63, 3.8) is 0 Å². The zero-order valence-electron chi connectivity index (χ0n) is 11.7. The van der Waals surface area contributed by atoms with Gasteiger partial charge in [-0.1, -0.05) is 29.3 Å². The fourth-order valence-corrected chi connectivity index (χ4v) is 2.72. The summed E-state index contributed by atoms with van der Waals surface area (Å²) in [5.41, 5.74) is 4.12. The smallest absolute Gasteiger partial charge is 0.238 e. The van der Waals surface area contributed by atoms with Gasteiger partial charge in [0.25, 0.3) is 0 Å². The van der Waals surface area contributed by atoms with Crippen molar-refractivity contribution in [2.24, 2.45) is 0 Å². The van der Waals surface area contributed by atoms with E-state index in [1.165, 1.54) is 5.56 Å². The van der Waals surface area contributed by atoms with E-state index in [2.05, 4.69) is 16.9 Å². The number of H-pyrrole nitrogens is 1. The summed E-state index contributed by atoms with van der Waals surface area (Å²) in [5.74, 6) is 0.578. The topological polar surface area (TPSA) is 37.9 Å². The summed E-state index contributed by atoms with van der Waals surface area (Å²) in [6.07, 6.45) is 1.75. The van der Waals surface area contributed by atoms with Crippen molar-refractivity contribution in [2.45, 2.75) is 20.5 Å². The van der Waals surface area contributed by atoms with Crippen molar-refractivity contribution < 1.29 is 4.74 Å². The van der Waals surface area contributed by atoms with Crippen molar-refractivity contribution in [1.29, 1.82) is 0 Å². The Balaban J connectivity index is 1.90. The van der Waals surface area contributed by atoms with E-state index in [1.54, 1.807) is 18.3 Å². The number of fused-ring (bicyclic) bond motifs is 1. The number of nitrogens with zero attached hydrogens (tertiary/aromatic N) is 1. The van der Waals surface area contributed by atoms with Crippen LogP contribution in [0.5, 0.6) is 5.88 Å². The lowest BCUT2D eigenvalue weighted by molar-refractivity contribution is 0.297. The molecule has 1 N–H and O–H groups in total. The molecule has 3 nitrogen and oxygen atoms in total. The first kappa shape index (κ1) is 14.2. The van der Waals surface area contributed by atoms with Crippen molar-refractivity contribution in [3.05, 3.63) is 57.3 Å². The lowest BCUT2D eigenvalue weighted by Gasteiger charge is -2.08. The van der Waals surface area contributed by atoms with E-state index in [1.807, 2.05) is 19.1 Å². The fourth-order valence-electron chi connectivity index (χ4n) is 2.25. The molecule has 0 saturated carbocycles. The Hall–Kier alpha value is -1.71. The quantitative estimate of drug-likeness (QED) is 0.732. The largest absolute Gasteiger partial charge is 0.471 e. The van der Waals surface area contributed by atoms with Crippen LogP contribution in [0.3, 0.4) is 0 Å². The monoisotopic (exact) mass is 320 g/mol. The van der Waals surface area contributed by atoms with Gasteiger partial charge < -0.3 is 9.72 Å². The number of rotatable bonds is 3. The standard InChI is InChI=1S/C16H14Cl2N2O/c1-9-10(2)20-15-13(9)5-6-19-16(15)21-8-11-3-4-12(17)7-14(11)18/h3-7,20H,8H2,1-2H3. The fraction of sp³-hybridized carbons (Fsp3) is 0.188. The highest BCUT2D eigenvalue weighted by Gasteiger charge is 2.11. The lowest BCUT2D eigenvalue weighted by atomic mass is 10.2. The molecule has 3 rings (SSSR count). The first-order chi connectivity index (χ1) is 10.1. The molecule has 0 atom stereocenters. The normalized spacial score (nSPS) is 11.0. The van der Waals surface area contributed by atoms with E-state index >= 15 is 0 Å². The molecule has 3 aromatic rings. The first-order valence-electron chi connectivity index (χ1n) is 6.57. The Kier molecular flexibility index (Phi) is 3.79. The minimum atomic E-state index is 0.346. The third kappa shape index (κ3) is 2.71. The molecule has 0 aliphatic rings. The van der Waals surface area contributed by atoms with Gasteiger partial charge in [0.2, 0.25) is 5.88 Å². The molecular formula is C16H14Cl2N2O. The van der Waals surface area contributed by atoms with Crippen LogP contribution < -0.4 is 4.74 Å². The van der Waals surface area contributed by atoms with Crippen molar-refractivity contribution >= 4 is 34.1 Å². The van der Waals surface area contributed by atoms with Crippen LogP contribution in [-0.2, 0) is 6.61 Å². The summed E-state index contributed by atoms with van der Waals surface area (Å²) in [6, 6.07) is 7.34. The molecule has 108 valence electrons. The van der Waals surface area contributed by atoms with Crippen LogP contribution in [0.4, 0.5) is 0 Å². The maximum absolute atomic E-state index is 6.15. The molecule has 5 heteroatoms. The van der Waals surface area contributed by atoms with E-state index < -0.39 is 0 Å². The van der Waals surface area contributed by atoms with Gasteiger partial charge >= 0.3 is 0 Å². The van der Waals surface area contributed by atoms with Gasteiger partial charge in [-0.05, 0) is 37.6 Å². The third-order valence-electron chi connectivity index (χ3n) is 3.57. The van der Waals surface area contributed by atoms with E-state index in [0.29, 0.717) is 22.5 Å². The number of aromatic nitrogens is 2. The number of ether oxygens (including phenoxy) is 1. The number of pyridine rings is 1. The van der Waals surface area contributed by atoms with Crippen LogP contribution in [0.1, 0.15) is 16.8 Å². The van der Waals surface area contributed by atoms with Gasteiger partial charge in [-0.15, -0.1) is 0 Å². The minimum absolute atomic E-state index is 0.346. The number of aromatic amines is 1. The number of nitrogens with one attached hydrogen (secondary N) is 1. The van der Waals surface area contributed by atoms with Crippen molar-refractivity contribution in [2.75, 3.05) is 0 Å². The first-order valence-corrected chi connectivity index (χ1v) is 7.32. The van der Waals surface area contributed by atoms with Crippen LogP contribution in [-0.4, -0.2) is 9.97 Å². The molecule has 0 fully saturated rings. The number of hydrogen-bond acceptors (Lipinski definition) is 2. The van der Waals surface area contributed by atoms with Gasteiger partial charge in [0.05, 0.1) is 0 Å². The molecule has 0 aliphatic heterocycles. The molecule has 0 aliphatic carbocycles. The Morgan fingerprint density at radius 1 is 1.19 bits per heavy atom. The SMILES string of the molecule is Cc1[nH]c2c(OCc3ccc(Cl)cc3Cl)nccc2c1C. The Bertz CT molecular complexity index is 811. The van der Waals surface area contributed by atoms with Crippen LogP contribution in [0.15, 0.2) is 30.5 Å². The van der Waals surface area contributed by atoms with Gasteiger partial charge in [0.15, 0.2) is 0 Å². The minimum Gasteiger partial charge on any atom is -0.471 e. The van der Waals surface area contributed by atoms with Crippen LogP contribution in [0, 0.1) is 13.8 Å². The van der Waals surface area contributed by atoms with Gasteiger partial charge in [-0.3, -0.25) is 0 Å². The zero-order chi connectivity index (χ0) is 15.0. The van der Waals surface area contributed by atoms with Gasteiger partial charge in [-0.2, -0.15) is 0 Å². The lowest BCUT2D eigenvalue weighted by Crippen LogP contribution is -1.98. The number of benzene rings is 1. The molecule has 0 spiro atoms. The molecule has 0 saturated heterocycles. The van der Waals surface area contributed by atoms with Crippen LogP contribution in [0.25, 0.3) is 10.9 Å². The predicted molar refractivity (Wildman–Crippen MR) is 86.4 cm³/mol. The van der Waals surface area contributed by atoms with Gasteiger partial charge in [0, 0.05) is 32.9 Å². The second-order valence-electron chi connectivity index (χ2n) is 4.94. The van der Waals surface area contributed by atoms with E-state index in [-0.39, 0.29) is 0 Å². The van der Waals surface area contributed by atoms with E-state index in [0.717, 1.165) is 22.2 Å². The van der Waals surface area contributed by atoms with Gasteiger partial charge in [0.1, 0.15) is 12.1 Å². The van der Waals surface area contributed by atoms with Crippen LogP contribution in [0.2, 0.25) is 10.0 Å². The van der Waals surface area contributed by atoms with Crippen LogP contribution >= 0.6 is 23.2 Å². The van der Waals surface area contributed by atoms with E-state index in [4.69, 9.17) is 27.9 Å². The molecule has 0 radical (unpaired) electrons. The number of hydrogen-bond donors (Lipinski definition) is 1. The molecule has 1 aromatic carbocycles. The maximum atomic E-state index is 6.15. The summed E-state index contributed by atoms with van der Waals surface area (Å²) in [6.45, 7) is 4.46. The predicted octanol–water partition coefficient (Wildman–Crippen LogP) is 5.07. The molecule has 21 heavy (non-hydrogen) atoms. The second-order valence-corrected chi connectivity index (χ2v) is 5.78. The van der Waals surface area contributed by atoms with Crippen molar-refractivity contribution in [3.8, 4) is 5.88 Å². The number of aryl methyl sites for hydroxylation is 2. The van der Waals surface area contributed by atoms with Crippen molar-refractivity contribution in [1.82, 2.24) is 9.97 Å².